The number of rotatable bonds is 7. The molecule has 2 aliphatic rings. The molecule has 0 unspecified atom stereocenters. The first-order valence-corrected chi connectivity index (χ1v) is 12.2. The van der Waals surface area contributed by atoms with Gasteiger partial charge in [-0.25, -0.2) is 8.42 Å². The van der Waals surface area contributed by atoms with Crippen molar-refractivity contribution in [3.63, 3.8) is 0 Å². The minimum atomic E-state index is -4.26. The molecule has 4 rings (SSSR count). The maximum Gasteiger partial charge on any atom is 0.270 e. The second-order valence-corrected chi connectivity index (χ2v) is 9.64. The van der Waals surface area contributed by atoms with E-state index in [1.807, 2.05) is 13.0 Å². The number of ketones is 2. The summed E-state index contributed by atoms with van der Waals surface area (Å²) in [4.78, 5) is 28.4. The lowest BCUT2D eigenvalue weighted by Gasteiger charge is -2.31. The molecule has 1 aliphatic carbocycles. The van der Waals surface area contributed by atoms with E-state index in [4.69, 9.17) is 0 Å². The summed E-state index contributed by atoms with van der Waals surface area (Å²) in [6.07, 6.45) is 3.15. The van der Waals surface area contributed by atoms with Gasteiger partial charge in [0, 0.05) is 30.8 Å². The number of hydrogen-bond donors (Lipinski definition) is 0. The van der Waals surface area contributed by atoms with E-state index in [1.165, 1.54) is 10.4 Å². The molecule has 1 fully saturated rings. The fourth-order valence-corrected chi connectivity index (χ4v) is 6.00. The van der Waals surface area contributed by atoms with Gasteiger partial charge in [0.15, 0.2) is 4.91 Å². The van der Waals surface area contributed by atoms with Gasteiger partial charge in [0.1, 0.15) is 5.70 Å². The Morgan fingerprint density at radius 1 is 0.871 bits per heavy atom. The molecular formula is C24H26N2O4S. The van der Waals surface area contributed by atoms with E-state index >= 15 is 0 Å². The summed E-state index contributed by atoms with van der Waals surface area (Å²) in [5.74, 6) is -0.992. The highest BCUT2D eigenvalue weighted by Crippen LogP contribution is 2.35. The van der Waals surface area contributed by atoms with Crippen molar-refractivity contribution in [2.24, 2.45) is 0 Å². The van der Waals surface area contributed by atoms with Crippen molar-refractivity contribution in [2.45, 2.75) is 32.6 Å². The molecule has 2 aromatic carbocycles. The van der Waals surface area contributed by atoms with Crippen LogP contribution in [-0.4, -0.2) is 44.5 Å². The number of unbranched alkanes of at least 4 members (excludes halogenated alkanes) is 1. The third kappa shape index (κ3) is 3.78. The third-order valence-corrected chi connectivity index (χ3v) is 7.65. The van der Waals surface area contributed by atoms with Crippen LogP contribution in [0.15, 0.2) is 65.2 Å². The molecule has 31 heavy (non-hydrogen) atoms. The number of allylic oxidation sites excluding steroid dienone is 2. The number of carbonyl (C=O) groups excluding carboxylic acids is 2. The zero-order valence-electron chi connectivity index (χ0n) is 17.6. The SMILES string of the molecule is CCCCN(c1ccccc1)S(=O)(=O)C1=C(N2CCCC2)C(=O)c2ccccc2C1=O. The predicted molar refractivity (Wildman–Crippen MR) is 121 cm³/mol. The van der Waals surface area contributed by atoms with Gasteiger partial charge in [0.05, 0.1) is 5.69 Å². The summed E-state index contributed by atoms with van der Waals surface area (Å²) in [7, 11) is -4.26. The normalized spacial score (nSPS) is 16.6. The van der Waals surface area contributed by atoms with Gasteiger partial charge in [-0.15, -0.1) is 0 Å². The zero-order valence-corrected chi connectivity index (χ0v) is 18.4. The van der Waals surface area contributed by atoms with Crippen molar-refractivity contribution in [2.75, 3.05) is 23.9 Å². The van der Waals surface area contributed by atoms with E-state index in [9.17, 15) is 18.0 Å². The van der Waals surface area contributed by atoms with E-state index in [0.29, 0.717) is 25.2 Å². The van der Waals surface area contributed by atoms with Crippen LogP contribution in [0.1, 0.15) is 53.3 Å². The van der Waals surface area contributed by atoms with Crippen molar-refractivity contribution in [3.8, 4) is 0 Å². The molecule has 0 spiro atoms. The Labute approximate surface area is 183 Å². The Morgan fingerprint density at radius 3 is 2.06 bits per heavy atom. The van der Waals surface area contributed by atoms with E-state index in [-0.39, 0.29) is 29.2 Å². The number of benzene rings is 2. The molecule has 0 bridgehead atoms. The second kappa shape index (κ2) is 8.67. The Bertz CT molecular complexity index is 1130. The Kier molecular flexibility index (Phi) is 5.96. The molecule has 0 radical (unpaired) electrons. The number of hydrogen-bond acceptors (Lipinski definition) is 5. The van der Waals surface area contributed by atoms with Gasteiger partial charge >= 0.3 is 0 Å². The lowest BCUT2D eigenvalue weighted by Crippen LogP contribution is -2.41. The minimum absolute atomic E-state index is 0.0265. The van der Waals surface area contributed by atoms with Crippen LogP contribution >= 0.6 is 0 Å². The number of likely N-dealkylation sites (tertiary alicyclic amines) is 1. The molecule has 1 saturated heterocycles. The summed E-state index contributed by atoms with van der Waals surface area (Å²) in [6.45, 7) is 3.35. The molecule has 162 valence electrons. The number of fused-ring (bicyclic) bond motifs is 1. The molecule has 0 saturated carbocycles. The zero-order chi connectivity index (χ0) is 22.0. The predicted octanol–water partition coefficient (Wildman–Crippen LogP) is 4.01. The van der Waals surface area contributed by atoms with E-state index in [2.05, 4.69) is 0 Å². The third-order valence-electron chi connectivity index (χ3n) is 5.78. The van der Waals surface area contributed by atoms with Crippen LogP contribution in [0.25, 0.3) is 0 Å². The van der Waals surface area contributed by atoms with Crippen LogP contribution in [0.5, 0.6) is 0 Å². The highest BCUT2D eigenvalue weighted by Gasteiger charge is 2.44. The summed E-state index contributed by atoms with van der Waals surface area (Å²) in [5, 5.41) is 0. The maximum atomic E-state index is 14.0. The molecule has 7 heteroatoms. The maximum absolute atomic E-state index is 14.0. The fraction of sp³-hybridized carbons (Fsp3) is 0.333. The van der Waals surface area contributed by atoms with Gasteiger partial charge in [0.25, 0.3) is 10.0 Å². The average molecular weight is 439 g/mol. The van der Waals surface area contributed by atoms with Crippen molar-refractivity contribution in [1.29, 1.82) is 0 Å². The molecule has 0 amide bonds. The number of Topliss-reactive ketones (excluding diaryl/α,β-unsaturated/α-hetero) is 2. The first-order valence-electron chi connectivity index (χ1n) is 10.7. The van der Waals surface area contributed by atoms with Crippen LogP contribution in [-0.2, 0) is 10.0 Å². The van der Waals surface area contributed by atoms with E-state index < -0.39 is 20.7 Å². The first kappa shape index (κ1) is 21.3. The van der Waals surface area contributed by atoms with Gasteiger partial charge in [-0.1, -0.05) is 55.8 Å². The van der Waals surface area contributed by atoms with Crippen LogP contribution in [0, 0.1) is 0 Å². The van der Waals surface area contributed by atoms with Gasteiger partial charge < -0.3 is 4.90 Å². The standard InChI is InChI=1S/C24H26N2O4S/c1-2-3-17-26(18-11-5-4-6-12-18)31(29,30)24-21(25-15-9-10-16-25)22(27)19-13-7-8-14-20(19)23(24)28/h4-8,11-14H,2-3,9-10,15-17H2,1H3. The van der Waals surface area contributed by atoms with E-state index in [0.717, 1.165) is 19.3 Å². The number of para-hydroxylation sites is 1. The quantitative estimate of drug-likeness (QED) is 0.653. The molecule has 1 aliphatic heterocycles. The van der Waals surface area contributed by atoms with E-state index in [1.54, 1.807) is 47.4 Å². The number of carbonyl (C=O) groups is 2. The molecule has 0 aromatic heterocycles. The summed E-state index contributed by atoms with van der Waals surface area (Å²) < 4.78 is 29.3. The summed E-state index contributed by atoms with van der Waals surface area (Å²) >= 11 is 0. The van der Waals surface area contributed by atoms with Crippen LogP contribution in [0.3, 0.4) is 0 Å². The summed E-state index contributed by atoms with van der Waals surface area (Å²) in [6, 6.07) is 15.3. The van der Waals surface area contributed by atoms with Crippen molar-refractivity contribution in [1.82, 2.24) is 4.90 Å². The lowest BCUT2D eigenvalue weighted by atomic mass is 9.92. The molecule has 2 aromatic rings. The highest BCUT2D eigenvalue weighted by molar-refractivity contribution is 7.97. The van der Waals surface area contributed by atoms with Gasteiger partial charge in [0.2, 0.25) is 11.6 Å². The number of nitrogens with zero attached hydrogens (tertiary/aromatic N) is 2. The number of anilines is 1. The monoisotopic (exact) mass is 438 g/mol. The fourth-order valence-electron chi connectivity index (χ4n) is 4.20. The topological polar surface area (TPSA) is 74.8 Å². The van der Waals surface area contributed by atoms with Crippen molar-refractivity contribution < 1.29 is 18.0 Å². The molecule has 6 nitrogen and oxygen atoms in total. The Balaban J connectivity index is 1.93. The van der Waals surface area contributed by atoms with Gasteiger partial charge in [-0.05, 0) is 31.4 Å². The average Bonchev–Trinajstić information content (AvgIpc) is 3.31. The summed E-state index contributed by atoms with van der Waals surface area (Å²) in [5.41, 5.74) is 0.938. The largest absolute Gasteiger partial charge is 0.367 e. The van der Waals surface area contributed by atoms with Crippen LogP contribution < -0.4 is 4.31 Å². The Morgan fingerprint density at radius 2 is 1.45 bits per heavy atom. The molecule has 0 N–H and O–H groups in total. The van der Waals surface area contributed by atoms with Crippen molar-refractivity contribution >= 4 is 27.3 Å². The number of sulfonamides is 1. The van der Waals surface area contributed by atoms with Crippen molar-refractivity contribution in [3.05, 3.63) is 76.3 Å². The molecular weight excluding hydrogens is 412 g/mol. The highest BCUT2D eigenvalue weighted by atomic mass is 32.2. The van der Waals surface area contributed by atoms with Crippen LogP contribution in [0.4, 0.5) is 5.69 Å². The minimum Gasteiger partial charge on any atom is -0.367 e. The molecule has 0 atom stereocenters. The smallest absolute Gasteiger partial charge is 0.270 e. The lowest BCUT2D eigenvalue weighted by molar-refractivity contribution is 0.0953. The van der Waals surface area contributed by atoms with Gasteiger partial charge in [-0.3, -0.25) is 13.9 Å². The Hall–Kier alpha value is -2.93. The second-order valence-electron chi connectivity index (χ2n) is 7.84. The van der Waals surface area contributed by atoms with Crippen LogP contribution in [0.2, 0.25) is 0 Å². The first-order chi connectivity index (χ1) is 15.0. The molecule has 1 heterocycles. The van der Waals surface area contributed by atoms with Gasteiger partial charge in [-0.2, -0.15) is 0 Å².